The molecule has 2 aromatic rings. The van der Waals surface area contributed by atoms with Gasteiger partial charge in [0.25, 0.3) is 5.91 Å². The van der Waals surface area contributed by atoms with Gasteiger partial charge < -0.3 is 15.2 Å². The molecular formula is C15H18N4O6S. The molecule has 11 heteroatoms. The minimum absolute atomic E-state index is 0.0490. The number of carbonyl (C=O) groups is 2. The van der Waals surface area contributed by atoms with Crippen molar-refractivity contribution in [2.45, 2.75) is 11.5 Å². The van der Waals surface area contributed by atoms with E-state index in [-0.39, 0.29) is 18.1 Å². The number of hydrogen-bond acceptors (Lipinski definition) is 7. The molecule has 0 saturated heterocycles. The maximum atomic E-state index is 12.0. The van der Waals surface area contributed by atoms with Crippen LogP contribution < -0.4 is 15.2 Å². The minimum atomic E-state index is -3.84. The summed E-state index contributed by atoms with van der Waals surface area (Å²) in [5, 5.41) is 3.76. The van der Waals surface area contributed by atoms with Crippen molar-refractivity contribution in [2.75, 3.05) is 13.2 Å². The third-order valence-corrected chi connectivity index (χ3v) is 4.43. The van der Waals surface area contributed by atoms with Gasteiger partial charge in [-0.25, -0.2) is 8.42 Å². The van der Waals surface area contributed by atoms with Crippen LogP contribution in [0, 0.1) is 0 Å². The van der Waals surface area contributed by atoms with Crippen LogP contribution in [0.2, 0.25) is 0 Å². The smallest absolute Gasteiger partial charge is 0.321 e. The topological polar surface area (TPSA) is 143 Å². The fourth-order valence-corrected chi connectivity index (χ4v) is 2.82. The molecule has 2 rings (SSSR count). The Hall–Kier alpha value is -2.92. The second-order valence-electron chi connectivity index (χ2n) is 5.24. The Morgan fingerprint density at radius 3 is 2.77 bits per heavy atom. The number of aryl methyl sites for hydroxylation is 1. The van der Waals surface area contributed by atoms with Crippen molar-refractivity contribution in [3.63, 3.8) is 0 Å². The zero-order chi connectivity index (χ0) is 19.2. The van der Waals surface area contributed by atoms with E-state index in [1.165, 1.54) is 17.1 Å². The van der Waals surface area contributed by atoms with Crippen LogP contribution in [0.3, 0.4) is 0 Å². The van der Waals surface area contributed by atoms with E-state index in [0.717, 1.165) is 0 Å². The fraction of sp³-hybridized carbons (Fsp3) is 0.267. The van der Waals surface area contributed by atoms with Crippen LogP contribution in [0.1, 0.15) is 5.56 Å². The van der Waals surface area contributed by atoms with E-state index < -0.39 is 28.4 Å². The van der Waals surface area contributed by atoms with Crippen LogP contribution in [0.5, 0.6) is 5.75 Å². The predicted molar refractivity (Wildman–Crippen MR) is 89.3 cm³/mol. The second-order valence-corrected chi connectivity index (χ2v) is 7.00. The maximum Gasteiger partial charge on any atom is 0.321 e. The van der Waals surface area contributed by atoms with E-state index >= 15 is 0 Å². The molecule has 0 fully saturated rings. The highest BCUT2D eigenvalue weighted by Gasteiger charge is 2.17. The molecule has 0 aliphatic rings. The van der Waals surface area contributed by atoms with Gasteiger partial charge >= 0.3 is 5.97 Å². The number of esters is 1. The number of nitrogens with two attached hydrogens (primary N) is 1. The zero-order valence-electron chi connectivity index (χ0n) is 13.9. The van der Waals surface area contributed by atoms with Crippen molar-refractivity contribution in [1.82, 2.24) is 14.5 Å². The molecule has 0 radical (unpaired) electrons. The van der Waals surface area contributed by atoms with E-state index in [1.807, 2.05) is 0 Å². The molecular weight excluding hydrogens is 364 g/mol. The first-order valence-electron chi connectivity index (χ1n) is 7.40. The molecule has 1 aromatic carbocycles. The van der Waals surface area contributed by atoms with Gasteiger partial charge in [0.15, 0.2) is 6.61 Å². The normalized spacial score (nSPS) is 11.1. The SMILES string of the molecule is Cn1cc(S(=O)(=O)NCC(=O)OCc2cccc(OCC(N)=O)c2)cn1. The Morgan fingerprint density at radius 2 is 2.12 bits per heavy atom. The van der Waals surface area contributed by atoms with Gasteiger partial charge in [-0.1, -0.05) is 12.1 Å². The molecule has 0 aliphatic carbocycles. The third kappa shape index (κ3) is 5.86. The van der Waals surface area contributed by atoms with Gasteiger partial charge in [0.1, 0.15) is 23.8 Å². The average Bonchev–Trinajstić information content (AvgIpc) is 3.04. The van der Waals surface area contributed by atoms with Gasteiger partial charge in [-0.05, 0) is 17.7 Å². The lowest BCUT2D eigenvalue weighted by molar-refractivity contribution is -0.143. The third-order valence-electron chi connectivity index (χ3n) is 3.08. The van der Waals surface area contributed by atoms with Gasteiger partial charge in [-0.3, -0.25) is 14.3 Å². The van der Waals surface area contributed by atoms with Crippen molar-refractivity contribution in [2.24, 2.45) is 12.8 Å². The molecule has 10 nitrogen and oxygen atoms in total. The Kier molecular flexibility index (Phi) is 6.31. The Morgan fingerprint density at radius 1 is 1.35 bits per heavy atom. The van der Waals surface area contributed by atoms with E-state index in [0.29, 0.717) is 11.3 Å². The largest absolute Gasteiger partial charge is 0.484 e. The molecule has 26 heavy (non-hydrogen) atoms. The molecule has 0 aliphatic heterocycles. The number of nitrogens with zero attached hydrogens (tertiary/aromatic N) is 2. The molecule has 0 saturated carbocycles. The molecule has 3 N–H and O–H groups in total. The lowest BCUT2D eigenvalue weighted by atomic mass is 10.2. The summed E-state index contributed by atoms with van der Waals surface area (Å²) in [6.45, 7) is -0.865. The highest BCUT2D eigenvalue weighted by molar-refractivity contribution is 7.89. The lowest BCUT2D eigenvalue weighted by Crippen LogP contribution is -2.30. The van der Waals surface area contributed by atoms with Crippen molar-refractivity contribution < 1.29 is 27.5 Å². The zero-order valence-corrected chi connectivity index (χ0v) is 14.7. The number of nitrogens with one attached hydrogen (secondary N) is 1. The summed E-state index contributed by atoms with van der Waals surface area (Å²) < 4.78 is 37.6. The standard InChI is InChI=1S/C15H18N4O6S/c1-19-8-13(6-17-19)26(22,23)18-7-15(21)25-9-11-3-2-4-12(5-11)24-10-14(16)20/h2-6,8,18H,7,9-10H2,1H3,(H2,16,20). The van der Waals surface area contributed by atoms with Crippen molar-refractivity contribution in [1.29, 1.82) is 0 Å². The van der Waals surface area contributed by atoms with Gasteiger partial charge in [0, 0.05) is 13.2 Å². The van der Waals surface area contributed by atoms with Crippen molar-refractivity contribution >= 4 is 21.9 Å². The number of amides is 1. The maximum absolute atomic E-state index is 12.0. The minimum Gasteiger partial charge on any atom is -0.484 e. The summed E-state index contributed by atoms with van der Waals surface area (Å²) in [7, 11) is -2.26. The van der Waals surface area contributed by atoms with Gasteiger partial charge in [0.05, 0.1) is 6.20 Å². The van der Waals surface area contributed by atoms with E-state index in [2.05, 4.69) is 9.82 Å². The van der Waals surface area contributed by atoms with Gasteiger partial charge in [0.2, 0.25) is 10.0 Å². The van der Waals surface area contributed by atoms with Gasteiger partial charge in [-0.2, -0.15) is 9.82 Å². The van der Waals surface area contributed by atoms with Crippen molar-refractivity contribution in [3.8, 4) is 5.75 Å². The number of carbonyl (C=O) groups excluding carboxylic acids is 2. The Balaban J connectivity index is 1.83. The Labute approximate surface area is 149 Å². The summed E-state index contributed by atoms with van der Waals surface area (Å²) in [4.78, 5) is 22.4. The highest BCUT2D eigenvalue weighted by Crippen LogP contribution is 2.14. The summed E-state index contributed by atoms with van der Waals surface area (Å²) in [5.74, 6) is -0.960. The van der Waals surface area contributed by atoms with E-state index in [1.54, 1.807) is 31.3 Å². The van der Waals surface area contributed by atoms with Crippen LogP contribution in [-0.2, 0) is 38.0 Å². The van der Waals surface area contributed by atoms with Crippen molar-refractivity contribution in [3.05, 3.63) is 42.2 Å². The number of hydrogen-bond donors (Lipinski definition) is 2. The average molecular weight is 382 g/mol. The molecule has 1 aromatic heterocycles. The quantitative estimate of drug-likeness (QED) is 0.546. The first kappa shape index (κ1) is 19.4. The Bertz CT molecular complexity index is 893. The monoisotopic (exact) mass is 382 g/mol. The lowest BCUT2D eigenvalue weighted by Gasteiger charge is -2.08. The van der Waals surface area contributed by atoms with Crippen LogP contribution in [-0.4, -0.2) is 43.2 Å². The van der Waals surface area contributed by atoms with Crippen LogP contribution in [0.25, 0.3) is 0 Å². The van der Waals surface area contributed by atoms with Crippen LogP contribution in [0.15, 0.2) is 41.6 Å². The highest BCUT2D eigenvalue weighted by atomic mass is 32.2. The van der Waals surface area contributed by atoms with Gasteiger partial charge in [-0.15, -0.1) is 0 Å². The first-order valence-corrected chi connectivity index (χ1v) is 8.88. The molecule has 0 atom stereocenters. The molecule has 0 spiro atoms. The number of aromatic nitrogens is 2. The number of sulfonamides is 1. The molecule has 0 bridgehead atoms. The molecule has 140 valence electrons. The second kappa shape index (κ2) is 8.45. The van der Waals surface area contributed by atoms with Crippen LogP contribution in [0.4, 0.5) is 0 Å². The number of benzene rings is 1. The summed E-state index contributed by atoms with van der Waals surface area (Å²) in [6, 6.07) is 6.54. The predicted octanol–water partition coefficient (Wildman–Crippen LogP) is -0.694. The number of primary amides is 1. The first-order chi connectivity index (χ1) is 12.3. The summed E-state index contributed by atoms with van der Waals surface area (Å²) in [5.41, 5.74) is 5.60. The summed E-state index contributed by atoms with van der Waals surface area (Å²) in [6.07, 6.45) is 2.48. The van der Waals surface area contributed by atoms with Crippen LogP contribution >= 0.6 is 0 Å². The fourth-order valence-electron chi connectivity index (χ4n) is 1.87. The number of ether oxygens (including phenoxy) is 2. The van der Waals surface area contributed by atoms with E-state index in [4.69, 9.17) is 15.2 Å². The molecule has 1 heterocycles. The van der Waals surface area contributed by atoms with E-state index in [9.17, 15) is 18.0 Å². The number of rotatable bonds is 9. The summed E-state index contributed by atoms with van der Waals surface area (Å²) >= 11 is 0. The molecule has 0 unspecified atom stereocenters. The molecule has 1 amide bonds.